The molecular formula is C11H14ClN3S. The molecule has 0 aliphatic heterocycles. The number of halogens is 1. The molecule has 16 heavy (non-hydrogen) atoms. The zero-order chi connectivity index (χ0) is 11.5. The number of fused-ring (bicyclic) bond motifs is 1. The van der Waals surface area contributed by atoms with Crippen molar-refractivity contribution >= 4 is 39.0 Å². The summed E-state index contributed by atoms with van der Waals surface area (Å²) >= 11 is 7.59. The quantitative estimate of drug-likeness (QED) is 0.786. The Balaban J connectivity index is 2.22. The summed E-state index contributed by atoms with van der Waals surface area (Å²) in [7, 11) is 2.04. The van der Waals surface area contributed by atoms with Crippen LogP contribution in [0.5, 0.6) is 0 Å². The Morgan fingerprint density at radius 1 is 1.50 bits per heavy atom. The van der Waals surface area contributed by atoms with Crippen LogP contribution in [0.1, 0.15) is 13.3 Å². The molecule has 2 heterocycles. The minimum absolute atomic E-state index is 0.197. The summed E-state index contributed by atoms with van der Waals surface area (Å²) in [6.45, 7) is 2.92. The molecule has 0 aliphatic rings. The minimum Gasteiger partial charge on any atom is -0.359 e. The second kappa shape index (κ2) is 4.97. The molecule has 0 spiro atoms. The highest BCUT2D eigenvalue weighted by molar-refractivity contribution is 7.16. The molecule has 0 saturated carbocycles. The molecule has 1 atom stereocenters. The van der Waals surface area contributed by atoms with Crippen molar-refractivity contribution in [2.45, 2.75) is 18.7 Å². The lowest BCUT2D eigenvalue weighted by Gasteiger charge is -2.19. The zero-order valence-electron chi connectivity index (χ0n) is 9.35. The molecular weight excluding hydrogens is 242 g/mol. The zero-order valence-corrected chi connectivity index (χ0v) is 10.9. The van der Waals surface area contributed by atoms with Gasteiger partial charge in [0.25, 0.3) is 0 Å². The molecule has 0 saturated heterocycles. The molecule has 2 rings (SSSR count). The average Bonchev–Trinajstić information content (AvgIpc) is 2.73. The lowest BCUT2D eigenvalue weighted by Crippen LogP contribution is -2.21. The predicted octanol–water partition coefficient (Wildman–Crippen LogP) is 3.14. The van der Waals surface area contributed by atoms with Gasteiger partial charge >= 0.3 is 0 Å². The van der Waals surface area contributed by atoms with Crippen LogP contribution in [0.3, 0.4) is 0 Å². The van der Waals surface area contributed by atoms with E-state index in [0.717, 1.165) is 29.0 Å². The van der Waals surface area contributed by atoms with E-state index in [1.54, 1.807) is 17.7 Å². The van der Waals surface area contributed by atoms with Gasteiger partial charge in [-0.15, -0.1) is 22.9 Å². The highest BCUT2D eigenvalue weighted by Gasteiger charge is 2.09. The molecule has 0 bridgehead atoms. The fourth-order valence-electron chi connectivity index (χ4n) is 1.56. The fourth-order valence-corrected chi connectivity index (χ4v) is 2.38. The van der Waals surface area contributed by atoms with Gasteiger partial charge in [-0.2, -0.15) is 0 Å². The van der Waals surface area contributed by atoms with Gasteiger partial charge < -0.3 is 4.90 Å². The van der Waals surface area contributed by atoms with Crippen LogP contribution in [0.2, 0.25) is 0 Å². The lowest BCUT2D eigenvalue weighted by atomic mass is 10.3. The Labute approximate surface area is 104 Å². The summed E-state index contributed by atoms with van der Waals surface area (Å²) in [6, 6.07) is 2.07. The number of aromatic nitrogens is 2. The van der Waals surface area contributed by atoms with Crippen molar-refractivity contribution in [2.24, 2.45) is 0 Å². The van der Waals surface area contributed by atoms with Crippen LogP contribution >= 0.6 is 22.9 Å². The van der Waals surface area contributed by atoms with Crippen LogP contribution in [-0.4, -0.2) is 28.9 Å². The van der Waals surface area contributed by atoms with E-state index in [-0.39, 0.29) is 5.38 Å². The van der Waals surface area contributed by atoms with E-state index in [1.807, 2.05) is 19.4 Å². The van der Waals surface area contributed by atoms with E-state index >= 15 is 0 Å². The number of hydrogen-bond acceptors (Lipinski definition) is 4. The van der Waals surface area contributed by atoms with E-state index < -0.39 is 0 Å². The topological polar surface area (TPSA) is 29.0 Å². The molecule has 3 nitrogen and oxygen atoms in total. The van der Waals surface area contributed by atoms with Gasteiger partial charge in [-0.25, -0.2) is 9.97 Å². The molecule has 0 N–H and O–H groups in total. The third-order valence-corrected chi connectivity index (χ3v) is 3.50. The average molecular weight is 256 g/mol. The maximum Gasteiger partial charge on any atom is 0.140 e. The molecule has 5 heteroatoms. The monoisotopic (exact) mass is 255 g/mol. The van der Waals surface area contributed by atoms with Gasteiger partial charge in [0.2, 0.25) is 0 Å². The van der Waals surface area contributed by atoms with Crippen molar-refractivity contribution in [3.8, 4) is 0 Å². The van der Waals surface area contributed by atoms with Crippen LogP contribution in [0, 0.1) is 0 Å². The van der Waals surface area contributed by atoms with E-state index in [2.05, 4.69) is 20.9 Å². The summed E-state index contributed by atoms with van der Waals surface area (Å²) in [4.78, 5) is 11.7. The summed E-state index contributed by atoms with van der Waals surface area (Å²) in [5.41, 5.74) is 0. The van der Waals surface area contributed by atoms with Gasteiger partial charge in [0.1, 0.15) is 17.0 Å². The maximum absolute atomic E-state index is 5.95. The third-order valence-electron chi connectivity index (χ3n) is 2.46. The van der Waals surface area contributed by atoms with Crippen LogP contribution in [0.25, 0.3) is 10.2 Å². The largest absolute Gasteiger partial charge is 0.359 e. The van der Waals surface area contributed by atoms with Gasteiger partial charge in [0.05, 0.1) is 5.39 Å². The first-order chi connectivity index (χ1) is 7.68. The van der Waals surface area contributed by atoms with Crippen molar-refractivity contribution in [3.63, 3.8) is 0 Å². The first-order valence-corrected chi connectivity index (χ1v) is 6.53. The Hall–Kier alpha value is -0.870. The Kier molecular flexibility index (Phi) is 3.61. The van der Waals surface area contributed by atoms with Crippen LogP contribution < -0.4 is 4.90 Å². The Morgan fingerprint density at radius 2 is 2.31 bits per heavy atom. The van der Waals surface area contributed by atoms with Crippen LogP contribution in [0.15, 0.2) is 17.8 Å². The van der Waals surface area contributed by atoms with E-state index in [9.17, 15) is 0 Å². The van der Waals surface area contributed by atoms with Crippen molar-refractivity contribution < 1.29 is 0 Å². The number of nitrogens with zero attached hydrogens (tertiary/aromatic N) is 3. The molecule has 2 aromatic rings. The SMILES string of the molecule is CC(Cl)CCN(C)c1ncnc2sccc12. The molecule has 2 aromatic heterocycles. The maximum atomic E-state index is 5.95. The van der Waals surface area contributed by atoms with Crippen molar-refractivity contribution in [1.82, 2.24) is 9.97 Å². The summed E-state index contributed by atoms with van der Waals surface area (Å²) < 4.78 is 0. The smallest absolute Gasteiger partial charge is 0.140 e. The molecule has 0 amide bonds. The number of rotatable bonds is 4. The van der Waals surface area contributed by atoms with Gasteiger partial charge in [-0.05, 0) is 24.8 Å². The van der Waals surface area contributed by atoms with Gasteiger partial charge in [-0.3, -0.25) is 0 Å². The van der Waals surface area contributed by atoms with Gasteiger partial charge in [0.15, 0.2) is 0 Å². The van der Waals surface area contributed by atoms with Gasteiger partial charge in [0, 0.05) is 19.0 Å². The number of anilines is 1. The molecule has 0 aromatic carbocycles. The number of hydrogen-bond donors (Lipinski definition) is 0. The summed E-state index contributed by atoms with van der Waals surface area (Å²) in [5.74, 6) is 0.989. The first kappa shape index (κ1) is 11.6. The lowest BCUT2D eigenvalue weighted by molar-refractivity contribution is 0.767. The van der Waals surface area contributed by atoms with E-state index in [4.69, 9.17) is 11.6 Å². The molecule has 0 fully saturated rings. The molecule has 0 aliphatic carbocycles. The first-order valence-electron chi connectivity index (χ1n) is 5.22. The normalized spacial score (nSPS) is 12.9. The van der Waals surface area contributed by atoms with Crippen molar-refractivity contribution in [3.05, 3.63) is 17.8 Å². The number of alkyl halides is 1. The van der Waals surface area contributed by atoms with Crippen LogP contribution in [-0.2, 0) is 0 Å². The Bertz CT molecular complexity index is 469. The van der Waals surface area contributed by atoms with Crippen molar-refractivity contribution in [1.29, 1.82) is 0 Å². The standard InChI is InChI=1S/C11H14ClN3S/c1-8(12)3-5-15(2)10-9-4-6-16-11(9)14-7-13-10/h4,6-8H,3,5H2,1-2H3. The number of thiophene rings is 1. The second-order valence-electron chi connectivity index (χ2n) is 3.83. The van der Waals surface area contributed by atoms with E-state index in [1.165, 1.54) is 0 Å². The predicted molar refractivity (Wildman–Crippen MR) is 70.6 cm³/mol. The highest BCUT2D eigenvalue weighted by atomic mass is 35.5. The molecule has 86 valence electrons. The molecule has 1 unspecified atom stereocenters. The van der Waals surface area contributed by atoms with Gasteiger partial charge in [-0.1, -0.05) is 0 Å². The Morgan fingerprint density at radius 3 is 3.06 bits per heavy atom. The highest BCUT2D eigenvalue weighted by Crippen LogP contribution is 2.26. The second-order valence-corrected chi connectivity index (χ2v) is 5.47. The molecule has 0 radical (unpaired) electrons. The van der Waals surface area contributed by atoms with Crippen molar-refractivity contribution in [2.75, 3.05) is 18.5 Å². The fraction of sp³-hybridized carbons (Fsp3) is 0.455. The summed E-state index contributed by atoms with van der Waals surface area (Å²) in [5, 5.41) is 3.36. The van der Waals surface area contributed by atoms with E-state index in [0.29, 0.717) is 0 Å². The summed E-state index contributed by atoms with van der Waals surface area (Å²) in [6.07, 6.45) is 2.57. The minimum atomic E-state index is 0.197. The van der Waals surface area contributed by atoms with Crippen LogP contribution in [0.4, 0.5) is 5.82 Å². The third kappa shape index (κ3) is 2.44.